The molecule has 268 valence electrons. The number of hydrogen-bond donors (Lipinski definition) is 6. The number of aromatic nitrogens is 5. The van der Waals surface area contributed by atoms with Gasteiger partial charge >= 0.3 is 21.7 Å². The number of amides is 2. The molecule has 5 heterocycles. The van der Waals surface area contributed by atoms with Crippen molar-refractivity contribution in [3.8, 4) is 0 Å². The Labute approximate surface area is 278 Å². The maximum atomic E-state index is 13.0. The van der Waals surface area contributed by atoms with Crippen molar-refractivity contribution in [2.24, 2.45) is 5.73 Å². The average Bonchev–Trinajstić information content (AvgIpc) is 3.71. The van der Waals surface area contributed by atoms with Crippen LogP contribution in [-0.2, 0) is 32.0 Å². The van der Waals surface area contributed by atoms with Crippen molar-refractivity contribution in [1.82, 2.24) is 24.4 Å². The number of phosphoric acid groups is 2. The molecule has 49 heavy (non-hydrogen) atoms. The molecule has 0 aromatic carbocycles. The molecule has 2 aliphatic rings. The molecule has 0 saturated carbocycles. The van der Waals surface area contributed by atoms with Gasteiger partial charge in [-0.1, -0.05) is 0 Å². The molecule has 0 aliphatic carbocycles. The zero-order chi connectivity index (χ0) is 35.9. The highest BCUT2D eigenvalue weighted by Gasteiger charge is 2.47. The first-order valence-corrected chi connectivity index (χ1v) is 17.7. The number of nitrogens with two attached hydrogens (primary N) is 2. The van der Waals surface area contributed by atoms with E-state index in [0.29, 0.717) is 0 Å². The first-order valence-electron chi connectivity index (χ1n) is 14.7. The van der Waals surface area contributed by atoms with E-state index in [2.05, 4.69) is 19.3 Å². The number of rotatable bonds is 11. The predicted molar refractivity (Wildman–Crippen MR) is 164 cm³/mol. The number of fused-ring (bicyclic) bond motifs is 1. The van der Waals surface area contributed by atoms with Crippen molar-refractivity contribution in [2.45, 2.75) is 69.4 Å². The maximum Gasteiger partial charge on any atom is 0.481 e. The van der Waals surface area contributed by atoms with Gasteiger partial charge in [0, 0.05) is 12.5 Å². The predicted octanol–water partition coefficient (Wildman–Crippen LogP) is -0.0846. The summed E-state index contributed by atoms with van der Waals surface area (Å²) in [5, 5.41) is 21.1. The van der Waals surface area contributed by atoms with Crippen molar-refractivity contribution >= 4 is 44.6 Å². The molecular formula is C26H37N8O13P2+. The molecule has 2 aliphatic heterocycles. The lowest BCUT2D eigenvalue weighted by Crippen LogP contribution is -2.44. The Hall–Kier alpha value is -3.62. The maximum absolute atomic E-state index is 13.0. The fourth-order valence-corrected chi connectivity index (χ4v) is 7.47. The number of carbonyl (C=O) groups is 2. The van der Waals surface area contributed by atoms with Gasteiger partial charge < -0.3 is 40.9 Å². The van der Waals surface area contributed by atoms with Crippen LogP contribution in [0.3, 0.4) is 0 Å². The average molecular weight is 732 g/mol. The molecule has 0 bridgehead atoms. The number of anilines is 1. The summed E-state index contributed by atoms with van der Waals surface area (Å²) in [7, 11) is -10.7. The van der Waals surface area contributed by atoms with Gasteiger partial charge in [0.05, 0.1) is 32.1 Å². The minimum absolute atomic E-state index is 0.0553. The Bertz CT molecular complexity index is 1810. The first-order chi connectivity index (χ1) is 22.8. The van der Waals surface area contributed by atoms with Crippen molar-refractivity contribution in [1.29, 1.82) is 0 Å². The Morgan fingerprint density at radius 1 is 1.10 bits per heavy atom. The van der Waals surface area contributed by atoms with Crippen LogP contribution < -0.4 is 16.0 Å². The molecule has 5 rings (SSSR count). The highest BCUT2D eigenvalue weighted by Crippen LogP contribution is 2.60. The number of nitrogens with zero attached hydrogens (tertiary/aromatic N) is 6. The summed E-state index contributed by atoms with van der Waals surface area (Å²) in [4.78, 5) is 58.5. The van der Waals surface area contributed by atoms with E-state index < -0.39 is 83.1 Å². The Balaban J connectivity index is 1.21. The molecule has 8 N–H and O–H groups in total. The van der Waals surface area contributed by atoms with Crippen molar-refractivity contribution in [3.63, 3.8) is 0 Å². The second kappa shape index (κ2) is 13.9. The monoisotopic (exact) mass is 731 g/mol. The van der Waals surface area contributed by atoms with Crippen LogP contribution in [0, 0.1) is 0 Å². The third-order valence-corrected chi connectivity index (χ3v) is 10.2. The second-order valence-corrected chi connectivity index (χ2v) is 15.4. The number of nitrogen functional groups attached to an aromatic ring is 1. The summed E-state index contributed by atoms with van der Waals surface area (Å²) in [6.07, 6.45) is -0.948. The normalized spacial score (nSPS) is 26.8. The number of aliphatic hydroxyl groups excluding tert-OH is 2. The molecule has 2 amide bonds. The lowest BCUT2D eigenvalue weighted by molar-refractivity contribution is -0.719. The van der Waals surface area contributed by atoms with Crippen LogP contribution >= 0.6 is 15.6 Å². The lowest BCUT2D eigenvalue weighted by Gasteiger charge is -2.28. The van der Waals surface area contributed by atoms with Gasteiger partial charge in [0.25, 0.3) is 5.91 Å². The molecule has 3 aromatic heterocycles. The Morgan fingerprint density at radius 2 is 1.80 bits per heavy atom. The van der Waals surface area contributed by atoms with Gasteiger partial charge in [-0.15, -0.1) is 0 Å². The summed E-state index contributed by atoms with van der Waals surface area (Å²) in [5.41, 5.74) is 10.9. The molecule has 2 saturated heterocycles. The van der Waals surface area contributed by atoms with Crippen molar-refractivity contribution < 1.29 is 66.1 Å². The van der Waals surface area contributed by atoms with E-state index in [1.54, 1.807) is 37.6 Å². The topological polar surface area (TPSA) is 298 Å². The SMILES string of the molecule is CC(C)(C)OC(=O)N1C[C@@H]([n+]2cccc(C(N)=O)c2)C[C@H]1COP(=O)(O)OP(=O)(O)OC[C@H]1O[C@@H](n2cnc3c(N)ncnc32)[C@@H](O)[C@H]1O. The van der Waals surface area contributed by atoms with E-state index in [9.17, 15) is 38.7 Å². The number of phosphoric ester groups is 2. The molecule has 2 unspecified atom stereocenters. The smallest absolute Gasteiger partial charge is 0.444 e. The number of hydrogen-bond acceptors (Lipinski definition) is 15. The zero-order valence-electron chi connectivity index (χ0n) is 26.5. The van der Waals surface area contributed by atoms with E-state index >= 15 is 0 Å². The summed E-state index contributed by atoms with van der Waals surface area (Å²) < 4.78 is 53.8. The summed E-state index contributed by atoms with van der Waals surface area (Å²) in [6, 6.07) is 1.79. The summed E-state index contributed by atoms with van der Waals surface area (Å²) in [5.74, 6) is -0.604. The highest BCUT2D eigenvalue weighted by atomic mass is 31.3. The van der Waals surface area contributed by atoms with E-state index in [1.165, 1.54) is 28.1 Å². The van der Waals surface area contributed by atoms with E-state index in [1.807, 2.05) is 0 Å². The fourth-order valence-electron chi connectivity index (χ4n) is 5.35. The number of pyridine rings is 1. The zero-order valence-corrected chi connectivity index (χ0v) is 28.2. The number of likely N-dealkylation sites (tertiary alicyclic amines) is 1. The molecule has 0 radical (unpaired) electrons. The van der Waals surface area contributed by atoms with Crippen LogP contribution in [0.15, 0.2) is 37.2 Å². The number of carbonyl (C=O) groups excluding carboxylic acids is 2. The third-order valence-electron chi connectivity index (χ3n) is 7.59. The van der Waals surface area contributed by atoms with Gasteiger partial charge in [0.2, 0.25) is 0 Å². The molecule has 8 atom stereocenters. The minimum Gasteiger partial charge on any atom is -0.444 e. The largest absolute Gasteiger partial charge is 0.481 e. The van der Waals surface area contributed by atoms with E-state index in [4.69, 9.17) is 30.0 Å². The van der Waals surface area contributed by atoms with Gasteiger partial charge in [0.15, 0.2) is 36.1 Å². The van der Waals surface area contributed by atoms with Crippen LogP contribution in [0.1, 0.15) is 49.8 Å². The Morgan fingerprint density at radius 3 is 2.47 bits per heavy atom. The molecule has 23 heteroatoms. The van der Waals surface area contributed by atoms with Gasteiger partial charge in [-0.3, -0.25) is 23.3 Å². The summed E-state index contributed by atoms with van der Waals surface area (Å²) >= 11 is 0. The molecule has 21 nitrogen and oxygen atoms in total. The third kappa shape index (κ3) is 8.58. The standard InChI is InChI=1S/C26H36N8O13P2/c1-26(2,3)46-25(38)33-9-15(32-6-4-5-14(8-32)22(28)37)7-16(33)10-43-48(39,40)47-49(41,42)44-11-17-19(35)20(36)24(45-17)34-13-31-18-21(27)29-12-30-23(18)34/h4-6,8,12-13,15-17,19-20,24,35-36H,7,9-11H2,1-3H3,(H5-,27,28,29,30,37,39,40,41,42)/p+1/t15-,16-,17+,19-,20-,24+/m0/s1. The van der Waals surface area contributed by atoms with Gasteiger partial charge in [-0.2, -0.15) is 8.88 Å². The number of primary amides is 1. The van der Waals surface area contributed by atoms with Gasteiger partial charge in [-0.25, -0.2) is 28.9 Å². The van der Waals surface area contributed by atoms with Crippen LogP contribution in [-0.4, -0.2) is 106 Å². The molecular weight excluding hydrogens is 694 g/mol. The van der Waals surface area contributed by atoms with Crippen molar-refractivity contribution in [3.05, 3.63) is 42.7 Å². The quantitative estimate of drug-likeness (QED) is 0.111. The fraction of sp³-hybridized carbons (Fsp3) is 0.538. The van der Waals surface area contributed by atoms with Crippen LogP contribution in [0.25, 0.3) is 11.2 Å². The number of aliphatic hydroxyl groups is 2. The molecule has 2 fully saturated rings. The number of imidazole rings is 1. The van der Waals surface area contributed by atoms with Crippen LogP contribution in [0.4, 0.5) is 10.6 Å². The first kappa shape index (κ1) is 36.7. The Kier molecular flexibility index (Phi) is 10.4. The van der Waals surface area contributed by atoms with Gasteiger partial charge in [-0.05, 0) is 26.8 Å². The van der Waals surface area contributed by atoms with Crippen LogP contribution in [0.5, 0.6) is 0 Å². The number of ether oxygens (including phenoxy) is 2. The van der Waals surface area contributed by atoms with Gasteiger partial charge in [0.1, 0.15) is 41.3 Å². The minimum atomic E-state index is -5.36. The van der Waals surface area contributed by atoms with E-state index in [-0.39, 0.29) is 35.5 Å². The van der Waals surface area contributed by atoms with E-state index in [0.717, 1.165) is 6.33 Å². The molecule has 0 spiro atoms. The van der Waals surface area contributed by atoms with Crippen molar-refractivity contribution in [2.75, 3.05) is 25.5 Å². The summed E-state index contributed by atoms with van der Waals surface area (Å²) in [6.45, 7) is 3.52. The second-order valence-electron chi connectivity index (χ2n) is 12.3. The lowest BCUT2D eigenvalue weighted by atomic mass is 10.1. The molecule has 3 aromatic rings. The van der Waals surface area contributed by atoms with Crippen LogP contribution in [0.2, 0.25) is 0 Å². The highest BCUT2D eigenvalue weighted by molar-refractivity contribution is 7.61.